The van der Waals surface area contributed by atoms with E-state index in [-0.39, 0.29) is 11.3 Å². The molecule has 0 amide bonds. The van der Waals surface area contributed by atoms with Gasteiger partial charge < -0.3 is 4.74 Å². The number of esters is 1. The van der Waals surface area contributed by atoms with Gasteiger partial charge in [0.05, 0.1) is 18.4 Å². The van der Waals surface area contributed by atoms with Crippen LogP contribution < -0.4 is 0 Å². The summed E-state index contributed by atoms with van der Waals surface area (Å²) in [6.45, 7) is 1.82. The minimum absolute atomic E-state index is 0.123. The molecule has 6 heteroatoms. The quantitative estimate of drug-likeness (QED) is 0.776. The Bertz CT molecular complexity index is 507. The average molecular weight is 273 g/mol. The van der Waals surface area contributed by atoms with E-state index in [9.17, 15) is 18.0 Å². The number of pyridine rings is 1. The minimum Gasteiger partial charge on any atom is -0.465 e. The van der Waals surface area contributed by atoms with Gasteiger partial charge in [-0.15, -0.1) is 0 Å². The SMILES string of the molecule is COC(=O)c1ccc(C(F)(F)F)nc1C1(C)CCC1. The molecule has 0 unspecified atom stereocenters. The molecule has 0 N–H and O–H groups in total. The topological polar surface area (TPSA) is 39.2 Å². The first kappa shape index (κ1) is 13.8. The predicted octanol–water partition coefficient (Wildman–Crippen LogP) is 3.33. The number of carbonyl (C=O) groups excluding carboxylic acids is 1. The van der Waals surface area contributed by atoms with Crippen LogP contribution in [0.1, 0.15) is 47.9 Å². The van der Waals surface area contributed by atoms with Gasteiger partial charge in [0.25, 0.3) is 0 Å². The number of aromatic nitrogens is 1. The van der Waals surface area contributed by atoms with E-state index in [0.29, 0.717) is 0 Å². The van der Waals surface area contributed by atoms with E-state index in [1.165, 1.54) is 7.11 Å². The molecule has 104 valence electrons. The van der Waals surface area contributed by atoms with E-state index in [1.54, 1.807) is 0 Å². The summed E-state index contributed by atoms with van der Waals surface area (Å²) in [6.07, 6.45) is -2.13. The lowest BCUT2D eigenvalue weighted by molar-refractivity contribution is -0.141. The molecule has 1 aliphatic rings. The number of hydrogen-bond donors (Lipinski definition) is 0. The van der Waals surface area contributed by atoms with Gasteiger partial charge in [0.2, 0.25) is 0 Å². The van der Waals surface area contributed by atoms with Crippen molar-refractivity contribution in [2.24, 2.45) is 0 Å². The fourth-order valence-electron chi connectivity index (χ4n) is 2.30. The standard InChI is InChI=1S/C13H14F3NO2/c1-12(6-3-7-12)10-8(11(18)19-2)4-5-9(17-10)13(14,15)16/h4-5H,3,6-7H2,1-2H3. The van der Waals surface area contributed by atoms with Crippen molar-refractivity contribution in [3.8, 4) is 0 Å². The Labute approximate surface area is 108 Å². The number of nitrogens with zero attached hydrogens (tertiary/aromatic N) is 1. The zero-order valence-corrected chi connectivity index (χ0v) is 10.7. The number of ether oxygens (including phenoxy) is 1. The van der Waals surface area contributed by atoms with E-state index in [2.05, 4.69) is 9.72 Å². The highest BCUT2D eigenvalue weighted by Gasteiger charge is 2.41. The largest absolute Gasteiger partial charge is 0.465 e. The molecule has 19 heavy (non-hydrogen) atoms. The van der Waals surface area contributed by atoms with Gasteiger partial charge in [0.1, 0.15) is 5.69 Å². The van der Waals surface area contributed by atoms with Crippen LogP contribution in [0.15, 0.2) is 12.1 Å². The third-order valence-corrected chi connectivity index (χ3v) is 3.62. The first-order valence-electron chi connectivity index (χ1n) is 5.95. The average Bonchev–Trinajstić information content (AvgIpc) is 2.33. The summed E-state index contributed by atoms with van der Waals surface area (Å²) in [4.78, 5) is 15.3. The van der Waals surface area contributed by atoms with Gasteiger partial charge in [-0.1, -0.05) is 13.3 Å². The van der Waals surface area contributed by atoms with Crippen molar-refractivity contribution in [3.05, 3.63) is 29.1 Å². The Balaban J connectivity index is 2.54. The van der Waals surface area contributed by atoms with Crippen LogP contribution in [0.3, 0.4) is 0 Å². The number of carbonyl (C=O) groups is 1. The molecule has 0 spiro atoms. The highest BCUT2D eigenvalue weighted by Crippen LogP contribution is 2.44. The van der Waals surface area contributed by atoms with E-state index in [0.717, 1.165) is 31.4 Å². The Kier molecular flexibility index (Phi) is 3.28. The molecule has 0 radical (unpaired) electrons. The fourth-order valence-corrected chi connectivity index (χ4v) is 2.30. The molecule has 3 nitrogen and oxygen atoms in total. The van der Waals surface area contributed by atoms with Crippen LogP contribution in [0.2, 0.25) is 0 Å². The molecule has 0 atom stereocenters. The monoisotopic (exact) mass is 273 g/mol. The molecule has 0 bridgehead atoms. The van der Waals surface area contributed by atoms with Gasteiger partial charge in [0, 0.05) is 5.41 Å². The third-order valence-electron chi connectivity index (χ3n) is 3.62. The van der Waals surface area contributed by atoms with Crippen LogP contribution >= 0.6 is 0 Å². The lowest BCUT2D eigenvalue weighted by Gasteiger charge is -2.38. The van der Waals surface area contributed by atoms with Crippen molar-refractivity contribution in [1.82, 2.24) is 4.98 Å². The summed E-state index contributed by atoms with van der Waals surface area (Å²) >= 11 is 0. The molecule has 1 heterocycles. The van der Waals surface area contributed by atoms with Crippen LogP contribution in [0.5, 0.6) is 0 Å². The normalized spacial score (nSPS) is 17.7. The lowest BCUT2D eigenvalue weighted by Crippen LogP contribution is -2.34. The van der Waals surface area contributed by atoms with Crippen LogP contribution in [0, 0.1) is 0 Å². The van der Waals surface area contributed by atoms with Crippen LogP contribution in [0.25, 0.3) is 0 Å². The molecule has 0 aromatic carbocycles. The maximum Gasteiger partial charge on any atom is 0.433 e. The zero-order valence-electron chi connectivity index (χ0n) is 10.7. The summed E-state index contributed by atoms with van der Waals surface area (Å²) < 4.78 is 42.7. The van der Waals surface area contributed by atoms with Crippen LogP contribution in [-0.4, -0.2) is 18.1 Å². The zero-order chi connectivity index (χ0) is 14.3. The number of rotatable bonds is 2. The van der Waals surface area contributed by atoms with E-state index < -0.39 is 23.3 Å². The molecule has 2 rings (SSSR count). The number of hydrogen-bond acceptors (Lipinski definition) is 3. The second-order valence-electron chi connectivity index (χ2n) is 5.00. The fraction of sp³-hybridized carbons (Fsp3) is 0.538. The van der Waals surface area contributed by atoms with Gasteiger partial charge >= 0.3 is 12.1 Å². The van der Waals surface area contributed by atoms with Gasteiger partial charge in [0.15, 0.2) is 0 Å². The molecule has 1 aromatic rings. The van der Waals surface area contributed by atoms with Crippen molar-refractivity contribution in [1.29, 1.82) is 0 Å². The first-order chi connectivity index (χ1) is 8.78. The summed E-state index contributed by atoms with van der Waals surface area (Å²) in [6, 6.07) is 1.97. The van der Waals surface area contributed by atoms with Crippen molar-refractivity contribution < 1.29 is 22.7 Å². The second kappa shape index (κ2) is 4.51. The Morgan fingerprint density at radius 2 is 2.00 bits per heavy atom. The van der Waals surface area contributed by atoms with Crippen LogP contribution in [-0.2, 0) is 16.3 Å². The summed E-state index contributed by atoms with van der Waals surface area (Å²) in [5, 5.41) is 0. The molecule has 1 aliphatic carbocycles. The van der Waals surface area contributed by atoms with Crippen molar-refractivity contribution in [2.75, 3.05) is 7.11 Å². The van der Waals surface area contributed by atoms with Gasteiger partial charge in [-0.05, 0) is 25.0 Å². The Hall–Kier alpha value is -1.59. The molecular weight excluding hydrogens is 259 g/mol. The van der Waals surface area contributed by atoms with Gasteiger partial charge in [-0.3, -0.25) is 0 Å². The Morgan fingerprint density at radius 3 is 2.42 bits per heavy atom. The first-order valence-corrected chi connectivity index (χ1v) is 5.95. The van der Waals surface area contributed by atoms with E-state index in [1.807, 2.05) is 6.92 Å². The maximum atomic E-state index is 12.7. The highest BCUT2D eigenvalue weighted by molar-refractivity contribution is 5.91. The third kappa shape index (κ3) is 2.43. The molecule has 1 fully saturated rings. The minimum atomic E-state index is -4.51. The number of halogens is 3. The lowest BCUT2D eigenvalue weighted by atomic mass is 9.67. The molecule has 0 aliphatic heterocycles. The Morgan fingerprint density at radius 1 is 1.37 bits per heavy atom. The molecule has 1 aromatic heterocycles. The highest BCUT2D eigenvalue weighted by atomic mass is 19.4. The summed E-state index contributed by atoms with van der Waals surface area (Å²) in [5.41, 5.74) is -1.12. The van der Waals surface area contributed by atoms with Gasteiger partial charge in [-0.2, -0.15) is 13.2 Å². The summed E-state index contributed by atoms with van der Waals surface area (Å²) in [7, 11) is 1.20. The van der Waals surface area contributed by atoms with Crippen molar-refractivity contribution >= 4 is 5.97 Å². The van der Waals surface area contributed by atoms with Crippen LogP contribution in [0.4, 0.5) is 13.2 Å². The molecule has 1 saturated carbocycles. The van der Waals surface area contributed by atoms with Crippen molar-refractivity contribution in [3.63, 3.8) is 0 Å². The molecular formula is C13H14F3NO2. The number of alkyl halides is 3. The van der Waals surface area contributed by atoms with Gasteiger partial charge in [-0.25, -0.2) is 9.78 Å². The molecule has 0 saturated heterocycles. The summed E-state index contributed by atoms with van der Waals surface area (Å²) in [5.74, 6) is -0.649. The van der Waals surface area contributed by atoms with E-state index in [4.69, 9.17) is 0 Å². The number of methoxy groups -OCH3 is 1. The smallest absolute Gasteiger partial charge is 0.433 e. The second-order valence-corrected chi connectivity index (χ2v) is 5.00. The van der Waals surface area contributed by atoms with E-state index >= 15 is 0 Å². The maximum absolute atomic E-state index is 12.7. The predicted molar refractivity (Wildman–Crippen MR) is 61.8 cm³/mol. The van der Waals surface area contributed by atoms with Crippen molar-refractivity contribution in [2.45, 2.75) is 37.8 Å².